The quantitative estimate of drug-likeness (QED) is 0.627. The molecule has 178 valence electrons. The van der Waals surface area contributed by atoms with Crippen LogP contribution < -0.4 is 9.80 Å². The molecule has 0 saturated carbocycles. The molecule has 0 spiro atoms. The summed E-state index contributed by atoms with van der Waals surface area (Å²) < 4.78 is 14.1. The van der Waals surface area contributed by atoms with Gasteiger partial charge in [-0.1, -0.05) is 24.3 Å². The highest BCUT2D eigenvalue weighted by atomic mass is 32.2. The number of fused-ring (bicyclic) bond motifs is 1. The number of carbonyl (C=O) groups is 3. The molecular weight excluding hydrogens is 455 g/mol. The number of rotatable bonds is 4. The lowest BCUT2D eigenvalue weighted by atomic mass is 10.2. The van der Waals surface area contributed by atoms with Crippen molar-refractivity contribution in [3.05, 3.63) is 54.3 Å². The summed E-state index contributed by atoms with van der Waals surface area (Å²) in [6.07, 6.45) is 1.91. The molecule has 2 fully saturated rings. The SMILES string of the molecule is O=C(CN1C(=O)[C@@H](C(=O)N2CCCC2)Sc2ccccc21)N1CCN(c2ccccc2F)CC1. The van der Waals surface area contributed by atoms with E-state index < -0.39 is 5.25 Å². The van der Waals surface area contributed by atoms with Crippen molar-refractivity contribution in [1.29, 1.82) is 0 Å². The molecule has 1 atom stereocenters. The number of likely N-dealkylation sites (tertiary alicyclic amines) is 1. The van der Waals surface area contributed by atoms with Crippen LogP contribution in [-0.2, 0) is 14.4 Å². The lowest BCUT2D eigenvalue weighted by molar-refractivity contribution is -0.135. The van der Waals surface area contributed by atoms with Crippen LogP contribution in [0.2, 0.25) is 0 Å². The Bertz CT molecular complexity index is 1100. The normalized spacial score (nSPS) is 20.5. The first kappa shape index (κ1) is 22.7. The summed E-state index contributed by atoms with van der Waals surface area (Å²) >= 11 is 1.28. The van der Waals surface area contributed by atoms with Crippen molar-refractivity contribution in [3.63, 3.8) is 0 Å². The Hall–Kier alpha value is -3.07. The molecule has 2 saturated heterocycles. The van der Waals surface area contributed by atoms with Gasteiger partial charge in [-0.15, -0.1) is 11.8 Å². The first-order valence-electron chi connectivity index (χ1n) is 11.7. The Morgan fingerprint density at radius 2 is 1.50 bits per heavy atom. The highest BCUT2D eigenvalue weighted by Gasteiger charge is 2.41. The van der Waals surface area contributed by atoms with E-state index in [9.17, 15) is 18.8 Å². The fourth-order valence-electron chi connectivity index (χ4n) is 4.78. The van der Waals surface area contributed by atoms with Crippen LogP contribution in [0.15, 0.2) is 53.4 Å². The highest BCUT2D eigenvalue weighted by molar-refractivity contribution is 8.01. The zero-order valence-electron chi connectivity index (χ0n) is 18.9. The van der Waals surface area contributed by atoms with E-state index in [1.54, 1.807) is 28.0 Å². The summed E-state index contributed by atoms with van der Waals surface area (Å²) in [4.78, 5) is 47.4. The number of benzene rings is 2. The fraction of sp³-hybridized carbons (Fsp3) is 0.400. The van der Waals surface area contributed by atoms with Crippen molar-refractivity contribution in [2.24, 2.45) is 0 Å². The zero-order chi connectivity index (χ0) is 23.7. The van der Waals surface area contributed by atoms with E-state index in [-0.39, 0.29) is 30.1 Å². The van der Waals surface area contributed by atoms with Gasteiger partial charge in [-0.3, -0.25) is 14.4 Å². The summed E-state index contributed by atoms with van der Waals surface area (Å²) in [6.45, 7) is 3.17. The number of nitrogens with zero attached hydrogens (tertiary/aromatic N) is 4. The molecule has 3 amide bonds. The van der Waals surface area contributed by atoms with Gasteiger partial charge >= 0.3 is 0 Å². The molecule has 3 heterocycles. The smallest absolute Gasteiger partial charge is 0.250 e. The minimum Gasteiger partial charge on any atom is -0.366 e. The number of piperazine rings is 1. The summed E-state index contributed by atoms with van der Waals surface area (Å²) in [6, 6.07) is 14.1. The topological polar surface area (TPSA) is 64.2 Å². The van der Waals surface area contributed by atoms with Gasteiger partial charge < -0.3 is 19.6 Å². The number of anilines is 2. The van der Waals surface area contributed by atoms with E-state index in [0.717, 1.165) is 17.7 Å². The van der Waals surface area contributed by atoms with Crippen molar-refractivity contribution >= 4 is 40.9 Å². The predicted molar refractivity (Wildman–Crippen MR) is 129 cm³/mol. The van der Waals surface area contributed by atoms with E-state index in [2.05, 4.69) is 0 Å². The van der Waals surface area contributed by atoms with Crippen molar-refractivity contribution in [2.45, 2.75) is 23.0 Å². The monoisotopic (exact) mass is 482 g/mol. The van der Waals surface area contributed by atoms with Crippen LogP contribution in [0.5, 0.6) is 0 Å². The van der Waals surface area contributed by atoms with Crippen LogP contribution in [0.4, 0.5) is 15.8 Å². The fourth-order valence-corrected chi connectivity index (χ4v) is 5.97. The third kappa shape index (κ3) is 4.36. The molecule has 0 bridgehead atoms. The molecule has 5 rings (SSSR count). The van der Waals surface area contributed by atoms with Gasteiger partial charge in [0.15, 0.2) is 5.25 Å². The van der Waals surface area contributed by atoms with Crippen LogP contribution in [0, 0.1) is 5.82 Å². The van der Waals surface area contributed by atoms with Crippen LogP contribution in [0.3, 0.4) is 0 Å². The Morgan fingerprint density at radius 3 is 2.21 bits per heavy atom. The third-order valence-corrected chi connectivity index (χ3v) is 7.89. The van der Waals surface area contributed by atoms with E-state index in [4.69, 9.17) is 0 Å². The summed E-state index contributed by atoms with van der Waals surface area (Å²) in [5.41, 5.74) is 1.20. The summed E-state index contributed by atoms with van der Waals surface area (Å²) in [5, 5.41) is -0.862. The maximum absolute atomic E-state index is 14.1. The van der Waals surface area contributed by atoms with Crippen LogP contribution in [0.1, 0.15) is 12.8 Å². The van der Waals surface area contributed by atoms with Crippen LogP contribution >= 0.6 is 11.8 Å². The first-order chi connectivity index (χ1) is 16.5. The molecule has 3 aliphatic heterocycles. The van der Waals surface area contributed by atoms with E-state index in [0.29, 0.717) is 50.6 Å². The van der Waals surface area contributed by atoms with Crippen molar-refractivity contribution in [2.75, 3.05) is 55.6 Å². The van der Waals surface area contributed by atoms with E-state index in [1.807, 2.05) is 29.2 Å². The number of amides is 3. The van der Waals surface area contributed by atoms with Gasteiger partial charge in [-0.25, -0.2) is 4.39 Å². The summed E-state index contributed by atoms with van der Waals surface area (Å²) in [5.74, 6) is -0.948. The average Bonchev–Trinajstić information content (AvgIpc) is 3.41. The molecule has 0 aliphatic carbocycles. The minimum absolute atomic E-state index is 0.111. The Morgan fingerprint density at radius 1 is 0.853 bits per heavy atom. The maximum atomic E-state index is 14.1. The Kier molecular flexibility index (Phi) is 6.45. The first-order valence-corrected chi connectivity index (χ1v) is 12.5. The minimum atomic E-state index is -0.862. The van der Waals surface area contributed by atoms with Crippen molar-refractivity contribution < 1.29 is 18.8 Å². The lowest BCUT2D eigenvalue weighted by Crippen LogP contribution is -2.55. The highest BCUT2D eigenvalue weighted by Crippen LogP contribution is 2.40. The van der Waals surface area contributed by atoms with E-state index in [1.165, 1.54) is 22.7 Å². The molecule has 0 aromatic heterocycles. The van der Waals surface area contributed by atoms with Crippen molar-refractivity contribution in [3.8, 4) is 0 Å². The standard InChI is InChI=1S/C25H27FN4O3S/c26-18-7-1-2-8-19(18)27-13-15-28(16-14-27)22(31)17-30-20-9-3-4-10-21(20)34-23(25(30)33)24(32)29-11-5-6-12-29/h1-4,7-10,23H,5-6,11-17H2/t23-/m1/s1. The molecule has 7 nitrogen and oxygen atoms in total. The average molecular weight is 483 g/mol. The molecule has 0 unspecified atom stereocenters. The van der Waals surface area contributed by atoms with Gasteiger partial charge in [0.05, 0.1) is 11.4 Å². The van der Waals surface area contributed by atoms with Crippen LogP contribution in [-0.4, -0.2) is 78.6 Å². The molecule has 9 heteroatoms. The molecule has 0 radical (unpaired) electrons. The number of hydrogen-bond donors (Lipinski definition) is 0. The van der Waals surface area contributed by atoms with Gasteiger partial charge in [-0.2, -0.15) is 0 Å². The zero-order valence-corrected chi connectivity index (χ0v) is 19.7. The third-order valence-electron chi connectivity index (χ3n) is 6.65. The molecule has 3 aliphatic rings. The lowest BCUT2D eigenvalue weighted by Gasteiger charge is -2.38. The van der Waals surface area contributed by atoms with Crippen LogP contribution in [0.25, 0.3) is 0 Å². The van der Waals surface area contributed by atoms with Gasteiger partial charge in [0, 0.05) is 44.2 Å². The number of carbonyl (C=O) groups excluding carboxylic acids is 3. The molecule has 2 aromatic rings. The Labute approximate surface area is 202 Å². The van der Waals surface area contributed by atoms with Crippen molar-refractivity contribution in [1.82, 2.24) is 9.80 Å². The van der Waals surface area contributed by atoms with E-state index >= 15 is 0 Å². The second kappa shape index (κ2) is 9.66. The number of hydrogen-bond acceptors (Lipinski definition) is 5. The molecule has 34 heavy (non-hydrogen) atoms. The van der Waals surface area contributed by atoms with Gasteiger partial charge in [0.25, 0.3) is 5.91 Å². The molecule has 0 N–H and O–H groups in total. The van der Waals surface area contributed by atoms with Gasteiger partial charge in [0.2, 0.25) is 11.8 Å². The number of thioether (sulfide) groups is 1. The number of halogens is 1. The van der Waals surface area contributed by atoms with Gasteiger partial charge in [-0.05, 0) is 37.1 Å². The Balaban J connectivity index is 1.29. The second-order valence-electron chi connectivity index (χ2n) is 8.74. The largest absolute Gasteiger partial charge is 0.366 e. The predicted octanol–water partition coefficient (Wildman–Crippen LogP) is 2.60. The summed E-state index contributed by atoms with van der Waals surface area (Å²) in [7, 11) is 0. The second-order valence-corrected chi connectivity index (χ2v) is 9.89. The maximum Gasteiger partial charge on any atom is 0.250 e. The number of para-hydroxylation sites is 2. The molecule has 2 aromatic carbocycles. The molecular formula is C25H27FN4O3S. The van der Waals surface area contributed by atoms with Gasteiger partial charge in [0.1, 0.15) is 12.4 Å².